The second kappa shape index (κ2) is 8.32. The number of carbonyl (C=O) groups is 1. The first-order chi connectivity index (χ1) is 17.4. The average Bonchev–Trinajstić information content (AvgIpc) is 3.37. The van der Waals surface area contributed by atoms with Crippen molar-refractivity contribution in [2.75, 3.05) is 7.05 Å². The highest BCUT2D eigenvalue weighted by Crippen LogP contribution is 2.45. The predicted molar refractivity (Wildman–Crippen MR) is 141 cm³/mol. The SMILES string of the molecule is CN1C(=N)N[C@](C)(c2cc(-c3cccc(C#N)c3)cs2)[C@@H](c2ccc3nn(CC4CC4)cc3c2)C1=O. The van der Waals surface area contributed by atoms with E-state index >= 15 is 0 Å². The molecule has 2 atom stereocenters. The van der Waals surface area contributed by atoms with Crippen LogP contribution in [0, 0.1) is 22.7 Å². The maximum atomic E-state index is 13.7. The van der Waals surface area contributed by atoms with Crippen molar-refractivity contribution in [1.29, 1.82) is 10.7 Å². The first kappa shape index (κ1) is 22.5. The van der Waals surface area contributed by atoms with Crippen molar-refractivity contribution in [1.82, 2.24) is 20.0 Å². The van der Waals surface area contributed by atoms with Gasteiger partial charge in [0.25, 0.3) is 0 Å². The summed E-state index contributed by atoms with van der Waals surface area (Å²) < 4.78 is 2.02. The van der Waals surface area contributed by atoms with Crippen molar-refractivity contribution in [3.8, 4) is 17.2 Å². The number of nitrogens with zero attached hydrogens (tertiary/aromatic N) is 4. The molecule has 0 unspecified atom stereocenters. The maximum absolute atomic E-state index is 13.7. The summed E-state index contributed by atoms with van der Waals surface area (Å²) in [6.07, 6.45) is 4.61. The number of rotatable bonds is 5. The van der Waals surface area contributed by atoms with Crippen molar-refractivity contribution < 1.29 is 4.79 Å². The fraction of sp³-hybridized carbons (Fsp3) is 0.286. The number of guanidine groups is 1. The summed E-state index contributed by atoms with van der Waals surface area (Å²) in [4.78, 5) is 16.0. The summed E-state index contributed by atoms with van der Waals surface area (Å²) in [7, 11) is 1.64. The van der Waals surface area contributed by atoms with Crippen LogP contribution in [0.4, 0.5) is 0 Å². The van der Waals surface area contributed by atoms with E-state index in [4.69, 9.17) is 10.5 Å². The van der Waals surface area contributed by atoms with Crippen LogP contribution < -0.4 is 5.32 Å². The van der Waals surface area contributed by atoms with Gasteiger partial charge in [0.1, 0.15) is 0 Å². The van der Waals surface area contributed by atoms with Gasteiger partial charge in [-0.1, -0.05) is 18.2 Å². The summed E-state index contributed by atoms with van der Waals surface area (Å²) in [5.74, 6) is 0.170. The molecule has 1 amide bonds. The van der Waals surface area contributed by atoms with Crippen molar-refractivity contribution >= 4 is 34.1 Å². The summed E-state index contributed by atoms with van der Waals surface area (Å²) in [6.45, 7) is 2.94. The molecule has 1 saturated carbocycles. The number of hydrogen-bond acceptors (Lipinski definition) is 5. The quantitative estimate of drug-likeness (QED) is 0.406. The van der Waals surface area contributed by atoms with Gasteiger partial charge in [0, 0.05) is 30.1 Å². The molecule has 8 heteroatoms. The standard InChI is InChI=1S/C28H26N6OS/c1-28(24-12-22(16-36-24)19-5-3-4-18(10-19)13-29)25(26(35)33(2)27(30)31-28)20-8-9-23-21(11-20)15-34(32-23)14-17-6-7-17/h3-5,8-12,15-17,25H,6-7,14H2,1-2H3,(H2,30,31)/t25-,28+/m0/s1. The van der Waals surface area contributed by atoms with Crippen LogP contribution in [0.2, 0.25) is 0 Å². The number of benzene rings is 2. The minimum Gasteiger partial charge on any atom is -0.345 e. The largest absolute Gasteiger partial charge is 0.345 e. The van der Waals surface area contributed by atoms with E-state index in [0.29, 0.717) is 5.56 Å². The number of nitriles is 1. The van der Waals surface area contributed by atoms with E-state index in [2.05, 4.69) is 29.7 Å². The lowest BCUT2D eigenvalue weighted by Crippen LogP contribution is -2.62. The van der Waals surface area contributed by atoms with Gasteiger partial charge in [-0.2, -0.15) is 10.4 Å². The Morgan fingerprint density at radius 2 is 2.06 bits per heavy atom. The monoisotopic (exact) mass is 494 g/mol. The van der Waals surface area contributed by atoms with Crippen LogP contribution in [0.1, 0.15) is 41.7 Å². The molecule has 2 aromatic carbocycles. The van der Waals surface area contributed by atoms with E-state index in [1.165, 1.54) is 17.7 Å². The highest BCUT2D eigenvalue weighted by atomic mass is 32.1. The Balaban J connectivity index is 1.41. The van der Waals surface area contributed by atoms with Gasteiger partial charge in [-0.05, 0) is 78.1 Å². The Morgan fingerprint density at radius 1 is 1.22 bits per heavy atom. The van der Waals surface area contributed by atoms with Crippen LogP contribution in [0.15, 0.2) is 60.1 Å². The zero-order chi connectivity index (χ0) is 25.0. The van der Waals surface area contributed by atoms with Crippen LogP contribution in [0.3, 0.4) is 0 Å². The Bertz CT molecular complexity index is 1560. The van der Waals surface area contributed by atoms with Gasteiger partial charge >= 0.3 is 0 Å². The normalized spacial score (nSPS) is 22.0. The highest BCUT2D eigenvalue weighted by molar-refractivity contribution is 7.10. The Hall–Kier alpha value is -3.96. The third-order valence-corrected chi connectivity index (χ3v) is 8.52. The Kier molecular flexibility index (Phi) is 5.20. The van der Waals surface area contributed by atoms with Gasteiger partial charge in [-0.25, -0.2) is 0 Å². The molecule has 6 rings (SSSR count). The number of amides is 1. The predicted octanol–water partition coefficient (Wildman–Crippen LogP) is 5.04. The van der Waals surface area contributed by atoms with Crippen molar-refractivity contribution in [3.05, 3.63) is 76.1 Å². The molecule has 2 N–H and O–H groups in total. The van der Waals surface area contributed by atoms with Crippen LogP contribution in [0.5, 0.6) is 0 Å². The molecular weight excluding hydrogens is 468 g/mol. The Morgan fingerprint density at radius 3 is 2.83 bits per heavy atom. The third-order valence-electron chi connectivity index (χ3n) is 7.36. The zero-order valence-corrected chi connectivity index (χ0v) is 21.0. The number of carbonyl (C=O) groups excluding carboxylic acids is 1. The molecular formula is C28H26N6OS. The second-order valence-electron chi connectivity index (χ2n) is 10.0. The zero-order valence-electron chi connectivity index (χ0n) is 20.2. The van der Waals surface area contributed by atoms with Gasteiger partial charge < -0.3 is 5.32 Å². The molecule has 0 bridgehead atoms. The average molecular weight is 495 g/mol. The van der Waals surface area contributed by atoms with Crippen LogP contribution in [0.25, 0.3) is 22.0 Å². The number of likely N-dealkylation sites (N-methyl/N-ethyl adjacent to an activating group) is 1. The first-order valence-electron chi connectivity index (χ1n) is 12.1. The summed E-state index contributed by atoms with van der Waals surface area (Å²) in [6, 6.07) is 17.8. The van der Waals surface area contributed by atoms with Crippen LogP contribution >= 0.6 is 11.3 Å². The molecule has 2 aliphatic rings. The molecule has 4 aromatic rings. The van der Waals surface area contributed by atoms with Crippen molar-refractivity contribution in [2.45, 2.75) is 37.8 Å². The topological polar surface area (TPSA) is 97.8 Å². The molecule has 0 spiro atoms. The minimum absolute atomic E-state index is 0.0820. The van der Waals surface area contributed by atoms with E-state index in [-0.39, 0.29) is 11.9 Å². The second-order valence-corrected chi connectivity index (χ2v) is 10.9. The van der Waals surface area contributed by atoms with Crippen molar-refractivity contribution in [2.24, 2.45) is 5.92 Å². The number of hydrogen-bond donors (Lipinski definition) is 2. The van der Waals surface area contributed by atoms with E-state index in [9.17, 15) is 10.1 Å². The van der Waals surface area contributed by atoms with Crippen molar-refractivity contribution in [3.63, 3.8) is 0 Å². The van der Waals surface area contributed by atoms with E-state index < -0.39 is 11.5 Å². The van der Waals surface area contributed by atoms with Gasteiger partial charge in [-0.3, -0.25) is 19.8 Å². The van der Waals surface area contributed by atoms with E-state index in [0.717, 1.165) is 44.9 Å². The minimum atomic E-state index is -0.811. The highest BCUT2D eigenvalue weighted by Gasteiger charge is 2.49. The fourth-order valence-corrected chi connectivity index (χ4v) is 6.16. The fourth-order valence-electron chi connectivity index (χ4n) is 5.09. The number of fused-ring (bicyclic) bond motifs is 1. The lowest BCUT2D eigenvalue weighted by atomic mass is 9.76. The molecule has 2 fully saturated rings. The lowest BCUT2D eigenvalue weighted by Gasteiger charge is -2.45. The van der Waals surface area contributed by atoms with Crippen LogP contribution in [-0.4, -0.2) is 33.6 Å². The smallest absolute Gasteiger partial charge is 0.239 e. The van der Waals surface area contributed by atoms with E-state index in [1.807, 2.05) is 47.3 Å². The third kappa shape index (κ3) is 3.76. The summed E-state index contributed by atoms with van der Waals surface area (Å²) >= 11 is 1.56. The number of nitrogens with one attached hydrogen (secondary N) is 2. The van der Waals surface area contributed by atoms with Gasteiger partial charge in [0.15, 0.2) is 5.96 Å². The van der Waals surface area contributed by atoms with E-state index in [1.54, 1.807) is 24.5 Å². The van der Waals surface area contributed by atoms with Gasteiger partial charge in [-0.15, -0.1) is 11.3 Å². The molecule has 36 heavy (non-hydrogen) atoms. The molecule has 1 aliphatic carbocycles. The summed E-state index contributed by atoms with van der Waals surface area (Å²) in [5.41, 5.74) is 3.56. The Labute approximate surface area is 213 Å². The lowest BCUT2D eigenvalue weighted by molar-refractivity contribution is -0.131. The van der Waals surface area contributed by atoms with Gasteiger partial charge in [0.05, 0.1) is 28.6 Å². The molecule has 180 valence electrons. The number of aromatic nitrogens is 2. The number of thiophene rings is 1. The maximum Gasteiger partial charge on any atom is 0.239 e. The van der Waals surface area contributed by atoms with Crippen LogP contribution in [-0.2, 0) is 16.9 Å². The summed E-state index contributed by atoms with van der Waals surface area (Å²) in [5, 5.41) is 28.9. The molecule has 2 aromatic heterocycles. The first-order valence-corrected chi connectivity index (χ1v) is 12.9. The molecule has 3 heterocycles. The molecule has 1 aliphatic heterocycles. The van der Waals surface area contributed by atoms with Gasteiger partial charge in [0.2, 0.25) is 5.91 Å². The molecule has 0 radical (unpaired) electrons. The molecule has 1 saturated heterocycles. The molecule has 7 nitrogen and oxygen atoms in total.